The molecule has 1 atom stereocenters. The van der Waals surface area contributed by atoms with E-state index in [1.54, 1.807) is 18.3 Å². The second-order valence-electron chi connectivity index (χ2n) is 5.78. The van der Waals surface area contributed by atoms with Crippen LogP contribution in [0, 0.1) is 5.92 Å². The van der Waals surface area contributed by atoms with Crippen molar-refractivity contribution in [3.63, 3.8) is 0 Å². The highest BCUT2D eigenvalue weighted by Crippen LogP contribution is 2.22. The normalized spacial score (nSPS) is 16.9. The number of benzene rings is 1. The summed E-state index contributed by atoms with van der Waals surface area (Å²) >= 11 is 0. The van der Waals surface area contributed by atoms with Crippen LogP contribution in [-0.4, -0.2) is 40.0 Å². The second-order valence-corrected chi connectivity index (χ2v) is 5.78. The van der Waals surface area contributed by atoms with Gasteiger partial charge < -0.3 is 15.2 Å². The van der Waals surface area contributed by atoms with E-state index in [-0.39, 0.29) is 11.6 Å². The highest BCUT2D eigenvalue weighted by Gasteiger charge is 2.17. The zero-order valence-electron chi connectivity index (χ0n) is 13.1. The van der Waals surface area contributed by atoms with Crippen molar-refractivity contribution in [2.45, 2.75) is 19.3 Å². The lowest BCUT2D eigenvalue weighted by Crippen LogP contribution is -2.15. The van der Waals surface area contributed by atoms with Crippen LogP contribution < -0.4 is 5.32 Å². The van der Waals surface area contributed by atoms with Crippen molar-refractivity contribution in [2.75, 3.05) is 18.5 Å². The van der Waals surface area contributed by atoms with Crippen LogP contribution in [0.15, 0.2) is 36.5 Å². The van der Waals surface area contributed by atoms with Crippen molar-refractivity contribution in [2.24, 2.45) is 5.92 Å². The number of anilines is 1. The van der Waals surface area contributed by atoms with E-state index >= 15 is 0 Å². The molecule has 2 N–H and O–H groups in total. The lowest BCUT2D eigenvalue weighted by atomic mass is 10.0. The SMILES string of the molecule is O=C(CCC1CCOC1)Nc1ccccc1-n1ccc(C(=O)O)n1. The number of carboxylic acids is 1. The Labute approximate surface area is 139 Å². The first-order chi connectivity index (χ1) is 11.6. The number of rotatable bonds is 6. The zero-order valence-corrected chi connectivity index (χ0v) is 13.1. The summed E-state index contributed by atoms with van der Waals surface area (Å²) in [6.07, 6.45) is 3.81. The molecule has 2 aromatic rings. The molecule has 1 aliphatic heterocycles. The summed E-state index contributed by atoms with van der Waals surface area (Å²) in [4.78, 5) is 23.2. The zero-order chi connectivity index (χ0) is 16.9. The molecule has 0 aliphatic carbocycles. The lowest BCUT2D eigenvalue weighted by molar-refractivity contribution is -0.116. The minimum Gasteiger partial charge on any atom is -0.476 e. The van der Waals surface area contributed by atoms with Gasteiger partial charge in [-0.15, -0.1) is 0 Å². The Morgan fingerprint density at radius 3 is 2.88 bits per heavy atom. The minimum atomic E-state index is -1.09. The number of ether oxygens (including phenoxy) is 1. The molecule has 0 spiro atoms. The highest BCUT2D eigenvalue weighted by molar-refractivity contribution is 5.92. The molecule has 2 heterocycles. The first-order valence-corrected chi connectivity index (χ1v) is 7.89. The summed E-state index contributed by atoms with van der Waals surface area (Å²) in [6.45, 7) is 1.51. The van der Waals surface area contributed by atoms with E-state index in [1.165, 1.54) is 10.7 Å². The van der Waals surface area contributed by atoms with Crippen LogP contribution in [0.2, 0.25) is 0 Å². The first kappa shape index (κ1) is 16.2. The number of carbonyl (C=O) groups excluding carboxylic acids is 1. The van der Waals surface area contributed by atoms with Gasteiger partial charge in [-0.2, -0.15) is 5.10 Å². The van der Waals surface area contributed by atoms with Gasteiger partial charge in [-0.05, 0) is 37.0 Å². The molecular weight excluding hydrogens is 310 g/mol. The summed E-state index contributed by atoms with van der Waals surface area (Å²) in [6, 6.07) is 8.59. The van der Waals surface area contributed by atoms with E-state index in [4.69, 9.17) is 9.84 Å². The third-order valence-corrected chi connectivity index (χ3v) is 4.04. The van der Waals surface area contributed by atoms with Gasteiger partial charge in [0.05, 0.1) is 11.4 Å². The van der Waals surface area contributed by atoms with Gasteiger partial charge in [0, 0.05) is 25.8 Å². The largest absolute Gasteiger partial charge is 0.476 e. The van der Waals surface area contributed by atoms with Gasteiger partial charge >= 0.3 is 5.97 Å². The van der Waals surface area contributed by atoms with E-state index in [2.05, 4.69) is 10.4 Å². The summed E-state index contributed by atoms with van der Waals surface area (Å²) in [5.41, 5.74) is 1.19. The molecule has 1 unspecified atom stereocenters. The molecule has 1 aromatic carbocycles. The molecule has 7 heteroatoms. The van der Waals surface area contributed by atoms with Crippen LogP contribution in [-0.2, 0) is 9.53 Å². The fourth-order valence-electron chi connectivity index (χ4n) is 2.71. The number of hydrogen-bond acceptors (Lipinski definition) is 4. The molecule has 0 bridgehead atoms. The van der Waals surface area contributed by atoms with Gasteiger partial charge in [-0.25, -0.2) is 9.48 Å². The van der Waals surface area contributed by atoms with Crippen molar-refractivity contribution < 1.29 is 19.4 Å². The molecule has 1 amide bonds. The van der Waals surface area contributed by atoms with Crippen LogP contribution in [0.4, 0.5) is 5.69 Å². The Kier molecular flexibility index (Phi) is 4.90. The van der Waals surface area contributed by atoms with Crippen molar-refractivity contribution >= 4 is 17.6 Å². The molecule has 0 saturated carbocycles. The number of nitrogens with zero attached hydrogens (tertiary/aromatic N) is 2. The van der Waals surface area contributed by atoms with Crippen molar-refractivity contribution in [1.82, 2.24) is 9.78 Å². The number of nitrogens with one attached hydrogen (secondary N) is 1. The van der Waals surface area contributed by atoms with Gasteiger partial charge in [-0.3, -0.25) is 4.79 Å². The minimum absolute atomic E-state index is 0.0441. The molecule has 1 aromatic heterocycles. The fraction of sp³-hybridized carbons (Fsp3) is 0.353. The maximum absolute atomic E-state index is 12.2. The molecule has 7 nitrogen and oxygen atoms in total. The Balaban J connectivity index is 1.69. The van der Waals surface area contributed by atoms with E-state index < -0.39 is 5.97 Å². The first-order valence-electron chi connectivity index (χ1n) is 7.89. The van der Waals surface area contributed by atoms with E-state index in [9.17, 15) is 9.59 Å². The van der Waals surface area contributed by atoms with E-state index in [0.717, 1.165) is 26.1 Å². The van der Waals surface area contributed by atoms with Crippen molar-refractivity contribution in [3.8, 4) is 5.69 Å². The fourth-order valence-corrected chi connectivity index (χ4v) is 2.71. The molecule has 3 rings (SSSR count). The average Bonchev–Trinajstić information content (AvgIpc) is 3.25. The third-order valence-electron chi connectivity index (χ3n) is 4.04. The van der Waals surface area contributed by atoms with Crippen molar-refractivity contribution in [3.05, 3.63) is 42.2 Å². The number of amides is 1. The number of hydrogen-bond donors (Lipinski definition) is 2. The summed E-state index contributed by atoms with van der Waals surface area (Å²) < 4.78 is 6.76. The maximum Gasteiger partial charge on any atom is 0.356 e. The van der Waals surface area contributed by atoms with Crippen LogP contribution in [0.1, 0.15) is 29.8 Å². The van der Waals surface area contributed by atoms with Gasteiger partial charge in [0.1, 0.15) is 0 Å². The Morgan fingerprint density at radius 1 is 1.33 bits per heavy atom. The Bertz CT molecular complexity index is 735. The Hall–Kier alpha value is -2.67. The lowest BCUT2D eigenvalue weighted by Gasteiger charge is -2.12. The number of carbonyl (C=O) groups is 2. The molecule has 0 radical (unpaired) electrons. The molecule has 1 fully saturated rings. The second kappa shape index (κ2) is 7.27. The van der Waals surface area contributed by atoms with Crippen molar-refractivity contribution in [1.29, 1.82) is 0 Å². The summed E-state index contributed by atoms with van der Waals surface area (Å²) in [5, 5.41) is 15.9. The third kappa shape index (κ3) is 3.80. The van der Waals surface area contributed by atoms with Crippen LogP contribution in [0.5, 0.6) is 0 Å². The maximum atomic E-state index is 12.2. The molecule has 1 aliphatic rings. The van der Waals surface area contributed by atoms with E-state index in [1.807, 2.05) is 12.1 Å². The molecule has 1 saturated heterocycles. The molecular formula is C17H19N3O4. The molecule has 126 valence electrons. The molecule has 24 heavy (non-hydrogen) atoms. The standard InChI is InChI=1S/C17H19N3O4/c21-16(6-5-12-8-10-24-11-12)18-13-3-1-2-4-15(13)20-9-7-14(19-20)17(22)23/h1-4,7,9,12H,5-6,8,10-11H2,(H,18,21)(H,22,23). The number of carboxylic acid groups (broad SMARTS) is 1. The van der Waals surface area contributed by atoms with Gasteiger partial charge in [0.25, 0.3) is 0 Å². The van der Waals surface area contributed by atoms with Gasteiger partial charge in [0.2, 0.25) is 5.91 Å². The van der Waals surface area contributed by atoms with Crippen LogP contribution in [0.25, 0.3) is 5.69 Å². The van der Waals surface area contributed by atoms with Crippen LogP contribution >= 0.6 is 0 Å². The summed E-state index contributed by atoms with van der Waals surface area (Å²) in [7, 11) is 0. The Morgan fingerprint density at radius 2 is 2.17 bits per heavy atom. The average molecular weight is 329 g/mol. The van der Waals surface area contributed by atoms with Gasteiger partial charge in [0.15, 0.2) is 5.69 Å². The topological polar surface area (TPSA) is 93.5 Å². The van der Waals surface area contributed by atoms with Gasteiger partial charge in [-0.1, -0.05) is 12.1 Å². The quantitative estimate of drug-likeness (QED) is 0.848. The van der Waals surface area contributed by atoms with Crippen LogP contribution in [0.3, 0.4) is 0 Å². The smallest absolute Gasteiger partial charge is 0.356 e. The number of aromatic carboxylic acids is 1. The summed E-state index contributed by atoms with van der Waals surface area (Å²) in [5.74, 6) is -0.704. The van der Waals surface area contributed by atoms with E-state index in [0.29, 0.717) is 23.7 Å². The predicted octanol–water partition coefficient (Wildman–Crippen LogP) is 2.33. The monoisotopic (exact) mass is 329 g/mol. The number of para-hydroxylation sites is 2. The predicted molar refractivity (Wildman–Crippen MR) is 87.3 cm³/mol. The highest BCUT2D eigenvalue weighted by atomic mass is 16.5. The number of aromatic nitrogens is 2.